The number of hydrogen-bond acceptors (Lipinski definition) is 1. The lowest BCUT2D eigenvalue weighted by Gasteiger charge is -2.29. The Balaban J connectivity index is 0.991. The van der Waals surface area contributed by atoms with Crippen molar-refractivity contribution in [1.82, 2.24) is 0 Å². The minimum atomic E-state index is -0.218. The van der Waals surface area contributed by atoms with Crippen LogP contribution in [0.15, 0.2) is 200 Å². The molecule has 2 aliphatic carbocycles. The molecule has 290 valence electrons. The molecule has 10 aromatic rings. The van der Waals surface area contributed by atoms with Gasteiger partial charge in [0.05, 0.1) is 0 Å². The minimum Gasteiger partial charge on any atom is -0.310 e. The predicted molar refractivity (Wildman–Crippen MR) is 260 cm³/mol. The summed E-state index contributed by atoms with van der Waals surface area (Å²) in [5.74, 6) is 0. The molecule has 12 rings (SSSR count). The van der Waals surface area contributed by atoms with Gasteiger partial charge in [-0.05, 0) is 154 Å². The van der Waals surface area contributed by atoms with Crippen molar-refractivity contribution in [3.63, 3.8) is 0 Å². The van der Waals surface area contributed by atoms with Crippen LogP contribution < -0.4 is 4.90 Å². The Morgan fingerprint density at radius 1 is 0.295 bits per heavy atom. The van der Waals surface area contributed by atoms with Gasteiger partial charge in [-0.15, -0.1) is 0 Å². The number of nitrogens with zero attached hydrogens (tertiary/aromatic N) is 1. The first-order valence-electron chi connectivity index (χ1n) is 21.6. The van der Waals surface area contributed by atoms with Crippen molar-refractivity contribution in [2.24, 2.45) is 0 Å². The molecule has 0 aromatic heterocycles. The van der Waals surface area contributed by atoms with Crippen molar-refractivity contribution >= 4 is 49.4 Å². The zero-order valence-corrected chi connectivity index (χ0v) is 35.0. The summed E-state index contributed by atoms with van der Waals surface area (Å²) in [6.07, 6.45) is 0. The fourth-order valence-electron chi connectivity index (χ4n) is 11.0. The van der Waals surface area contributed by atoms with E-state index < -0.39 is 0 Å². The number of benzene rings is 10. The molecular weight excluding hydrogens is 735 g/mol. The normalized spacial score (nSPS) is 14.2. The average molecular weight is 780 g/mol. The lowest BCUT2D eigenvalue weighted by atomic mass is 9.81. The molecule has 2 aliphatic rings. The molecule has 10 aromatic carbocycles. The standard InChI is InChI=1S/C60H45N/c1-59(2)54-26-16-15-23-46(54)48-31-28-42(36-56(48)59)61(41-19-9-6-10-20-41)43-29-32-49-47-30-27-39(35-55(47)60(3,4)57(49)37-43)53-34-40-33-52(38-17-7-5-8-18-38)44-21-11-13-24-50(44)58(40)51-25-14-12-22-45(51)53/h5-37H,1-4H3. The van der Waals surface area contributed by atoms with Gasteiger partial charge in [0.25, 0.3) is 0 Å². The SMILES string of the molecule is CC1(C)c2ccccc2-c2ccc(N(c3ccccc3)c3ccc4c(c3)C(C)(C)c3cc(-c5cc6cc(-c7ccccc7)c7ccccc7c6c6ccccc56)ccc3-4)cc21. The van der Waals surface area contributed by atoms with Crippen LogP contribution in [0.2, 0.25) is 0 Å². The van der Waals surface area contributed by atoms with E-state index in [-0.39, 0.29) is 10.8 Å². The van der Waals surface area contributed by atoms with Crippen molar-refractivity contribution in [1.29, 1.82) is 0 Å². The van der Waals surface area contributed by atoms with Gasteiger partial charge in [0.15, 0.2) is 0 Å². The summed E-state index contributed by atoms with van der Waals surface area (Å²) in [6, 6.07) is 74.8. The Hall–Kier alpha value is -7.22. The van der Waals surface area contributed by atoms with Gasteiger partial charge in [-0.2, -0.15) is 0 Å². The van der Waals surface area contributed by atoms with Crippen molar-refractivity contribution in [2.45, 2.75) is 38.5 Å². The van der Waals surface area contributed by atoms with Crippen molar-refractivity contribution < 1.29 is 0 Å². The fraction of sp³-hybridized carbons (Fsp3) is 0.100. The molecule has 0 unspecified atom stereocenters. The first kappa shape index (κ1) is 35.7. The van der Waals surface area contributed by atoms with Gasteiger partial charge in [0.2, 0.25) is 0 Å². The largest absolute Gasteiger partial charge is 0.310 e. The highest BCUT2D eigenvalue weighted by Gasteiger charge is 2.38. The van der Waals surface area contributed by atoms with Crippen LogP contribution in [0.25, 0.3) is 76.8 Å². The monoisotopic (exact) mass is 779 g/mol. The molecule has 0 saturated heterocycles. The van der Waals surface area contributed by atoms with Crippen LogP contribution in [0, 0.1) is 0 Å². The first-order chi connectivity index (χ1) is 29.8. The highest BCUT2D eigenvalue weighted by Crippen LogP contribution is 2.54. The van der Waals surface area contributed by atoms with E-state index >= 15 is 0 Å². The minimum absolute atomic E-state index is 0.0854. The lowest BCUT2D eigenvalue weighted by Crippen LogP contribution is -2.18. The Bertz CT molecular complexity index is 3410. The van der Waals surface area contributed by atoms with Crippen LogP contribution in [0.1, 0.15) is 49.9 Å². The van der Waals surface area contributed by atoms with E-state index in [4.69, 9.17) is 0 Å². The van der Waals surface area contributed by atoms with E-state index in [1.807, 2.05) is 0 Å². The van der Waals surface area contributed by atoms with E-state index in [9.17, 15) is 0 Å². The maximum Gasteiger partial charge on any atom is 0.0465 e. The molecule has 0 bridgehead atoms. The third-order valence-corrected chi connectivity index (χ3v) is 14.0. The number of para-hydroxylation sites is 1. The summed E-state index contributed by atoms with van der Waals surface area (Å²) in [7, 11) is 0. The molecule has 0 saturated carbocycles. The molecule has 1 nitrogen and oxygen atoms in total. The maximum absolute atomic E-state index is 2.48. The molecule has 0 radical (unpaired) electrons. The second-order valence-corrected chi connectivity index (χ2v) is 18.1. The van der Waals surface area contributed by atoms with Crippen molar-refractivity contribution in [2.75, 3.05) is 4.90 Å². The van der Waals surface area contributed by atoms with Crippen LogP contribution in [0.4, 0.5) is 17.1 Å². The molecule has 61 heavy (non-hydrogen) atoms. The average Bonchev–Trinajstić information content (AvgIpc) is 3.67. The van der Waals surface area contributed by atoms with Crippen LogP contribution >= 0.6 is 0 Å². The molecule has 1 heteroatoms. The highest BCUT2D eigenvalue weighted by atomic mass is 15.1. The molecule has 0 amide bonds. The molecule has 0 heterocycles. The van der Waals surface area contributed by atoms with Gasteiger partial charge in [-0.1, -0.05) is 173 Å². The Labute approximate surface area is 358 Å². The van der Waals surface area contributed by atoms with Crippen LogP contribution in [-0.2, 0) is 10.8 Å². The predicted octanol–water partition coefficient (Wildman–Crippen LogP) is 16.6. The summed E-state index contributed by atoms with van der Waals surface area (Å²) in [6.45, 7) is 9.54. The zero-order valence-electron chi connectivity index (χ0n) is 35.0. The van der Waals surface area contributed by atoms with Gasteiger partial charge in [-0.3, -0.25) is 0 Å². The third-order valence-electron chi connectivity index (χ3n) is 14.0. The number of fused-ring (bicyclic) bond motifs is 11. The topological polar surface area (TPSA) is 3.24 Å². The lowest BCUT2D eigenvalue weighted by molar-refractivity contribution is 0.660. The quantitative estimate of drug-likeness (QED) is 0.157. The molecule has 0 atom stereocenters. The molecule has 0 N–H and O–H groups in total. The number of hydrogen-bond donors (Lipinski definition) is 0. The zero-order chi connectivity index (χ0) is 41.0. The number of rotatable bonds is 5. The first-order valence-corrected chi connectivity index (χ1v) is 21.6. The summed E-state index contributed by atoms with van der Waals surface area (Å²) >= 11 is 0. The van der Waals surface area contributed by atoms with E-state index in [0.717, 1.165) is 5.69 Å². The third kappa shape index (κ3) is 5.26. The van der Waals surface area contributed by atoms with E-state index in [1.165, 1.54) is 110 Å². The van der Waals surface area contributed by atoms with E-state index in [1.54, 1.807) is 0 Å². The van der Waals surface area contributed by atoms with Gasteiger partial charge in [0.1, 0.15) is 0 Å². The molecule has 0 spiro atoms. The Morgan fingerprint density at radius 3 is 1.34 bits per heavy atom. The fourth-order valence-corrected chi connectivity index (χ4v) is 11.0. The number of anilines is 3. The van der Waals surface area contributed by atoms with Gasteiger partial charge >= 0.3 is 0 Å². The smallest absolute Gasteiger partial charge is 0.0465 e. The second kappa shape index (κ2) is 13.1. The van der Waals surface area contributed by atoms with Crippen LogP contribution in [0.5, 0.6) is 0 Å². The van der Waals surface area contributed by atoms with E-state index in [2.05, 4.69) is 233 Å². The van der Waals surface area contributed by atoms with Gasteiger partial charge < -0.3 is 4.90 Å². The summed E-state index contributed by atoms with van der Waals surface area (Å²) in [5.41, 5.74) is 19.0. The second-order valence-electron chi connectivity index (χ2n) is 18.1. The molecule has 0 aliphatic heterocycles. The van der Waals surface area contributed by atoms with Crippen LogP contribution in [0.3, 0.4) is 0 Å². The van der Waals surface area contributed by atoms with Gasteiger partial charge in [0, 0.05) is 27.9 Å². The van der Waals surface area contributed by atoms with Crippen molar-refractivity contribution in [3.8, 4) is 44.5 Å². The molecular formula is C60H45N. The van der Waals surface area contributed by atoms with Crippen LogP contribution in [-0.4, -0.2) is 0 Å². The highest BCUT2D eigenvalue weighted by molar-refractivity contribution is 6.25. The Morgan fingerprint density at radius 2 is 0.738 bits per heavy atom. The van der Waals surface area contributed by atoms with E-state index in [0.29, 0.717) is 0 Å². The maximum atomic E-state index is 2.48. The summed E-state index contributed by atoms with van der Waals surface area (Å²) in [5, 5.41) is 7.72. The summed E-state index contributed by atoms with van der Waals surface area (Å²) < 4.78 is 0. The summed E-state index contributed by atoms with van der Waals surface area (Å²) in [4.78, 5) is 2.44. The van der Waals surface area contributed by atoms with Gasteiger partial charge in [-0.25, -0.2) is 0 Å². The van der Waals surface area contributed by atoms with Crippen molar-refractivity contribution in [3.05, 3.63) is 222 Å². The molecule has 0 fully saturated rings. The Kier molecular flexibility index (Phi) is 7.69.